The molecule has 0 unspecified atom stereocenters. The van der Waals surface area contributed by atoms with Crippen LogP contribution in [0.1, 0.15) is 18.5 Å². The van der Waals surface area contributed by atoms with Gasteiger partial charge in [0.2, 0.25) is 0 Å². The van der Waals surface area contributed by atoms with E-state index in [0.29, 0.717) is 5.41 Å². The Morgan fingerprint density at radius 2 is 2.06 bits per heavy atom. The quantitative estimate of drug-likeness (QED) is 0.894. The summed E-state index contributed by atoms with van der Waals surface area (Å²) in [6, 6.07) is 10.4. The lowest BCUT2D eigenvalue weighted by Gasteiger charge is -2.10. The van der Waals surface area contributed by atoms with Gasteiger partial charge >= 0.3 is 0 Å². The number of nitrogens with one attached hydrogen (secondary N) is 1. The number of rotatable bonds is 4. The van der Waals surface area contributed by atoms with Gasteiger partial charge in [-0.1, -0.05) is 30.3 Å². The van der Waals surface area contributed by atoms with Gasteiger partial charge in [-0.2, -0.15) is 0 Å². The van der Waals surface area contributed by atoms with Crippen molar-refractivity contribution in [1.82, 2.24) is 10.3 Å². The molecule has 1 aromatic carbocycles. The average molecular weight is 244 g/mol. The Labute approximate surface area is 106 Å². The molecule has 0 aliphatic heterocycles. The summed E-state index contributed by atoms with van der Waals surface area (Å²) in [5, 5.41) is 6.65. The molecule has 1 fully saturated rings. The summed E-state index contributed by atoms with van der Waals surface area (Å²) in [5.41, 5.74) is 2.83. The fourth-order valence-corrected chi connectivity index (χ4v) is 3.19. The lowest BCUT2D eigenvalue weighted by atomic mass is 10.0. The summed E-state index contributed by atoms with van der Waals surface area (Å²) in [6.45, 7) is 1.05. The zero-order chi connectivity index (χ0) is 11.7. The van der Waals surface area contributed by atoms with E-state index in [2.05, 4.69) is 35.0 Å². The van der Waals surface area contributed by atoms with Crippen molar-refractivity contribution < 1.29 is 0 Å². The molecule has 1 saturated carbocycles. The molecule has 0 bridgehead atoms. The minimum absolute atomic E-state index is 0.332. The van der Waals surface area contributed by atoms with Crippen LogP contribution >= 0.6 is 11.3 Å². The third-order valence-corrected chi connectivity index (χ3v) is 4.33. The minimum atomic E-state index is 0.332. The first-order valence-electron chi connectivity index (χ1n) is 6.00. The molecule has 0 amide bonds. The second-order valence-electron chi connectivity index (χ2n) is 4.71. The van der Waals surface area contributed by atoms with E-state index in [1.807, 2.05) is 13.1 Å². The first-order chi connectivity index (χ1) is 8.34. The number of hydrogen-bond donors (Lipinski definition) is 1. The number of thiazole rings is 1. The van der Waals surface area contributed by atoms with Crippen molar-refractivity contribution in [2.24, 2.45) is 0 Å². The summed E-state index contributed by atoms with van der Waals surface area (Å²) in [6.07, 6.45) is 2.54. The van der Waals surface area contributed by atoms with Crippen molar-refractivity contribution in [2.75, 3.05) is 13.6 Å². The smallest absolute Gasteiger partial charge is 0.123 e. The Balaban J connectivity index is 1.89. The van der Waals surface area contributed by atoms with E-state index in [4.69, 9.17) is 4.98 Å². The fraction of sp³-hybridized carbons (Fsp3) is 0.357. The Kier molecular flexibility index (Phi) is 2.73. The van der Waals surface area contributed by atoms with E-state index in [0.717, 1.165) is 11.6 Å². The number of hydrogen-bond acceptors (Lipinski definition) is 3. The van der Waals surface area contributed by atoms with Crippen molar-refractivity contribution in [3.8, 4) is 10.6 Å². The van der Waals surface area contributed by atoms with Crippen molar-refractivity contribution in [1.29, 1.82) is 0 Å². The molecule has 1 aliphatic rings. The SMILES string of the molecule is CNCC1(c2csc(-c3ccccc3)n2)CC1. The van der Waals surface area contributed by atoms with E-state index >= 15 is 0 Å². The van der Waals surface area contributed by atoms with E-state index in [-0.39, 0.29) is 0 Å². The molecular formula is C14H16N2S. The predicted octanol–water partition coefficient (Wildman–Crippen LogP) is 3.06. The van der Waals surface area contributed by atoms with Gasteiger partial charge in [-0.3, -0.25) is 0 Å². The third-order valence-electron chi connectivity index (χ3n) is 3.44. The van der Waals surface area contributed by atoms with Gasteiger partial charge in [0.1, 0.15) is 5.01 Å². The maximum Gasteiger partial charge on any atom is 0.123 e. The van der Waals surface area contributed by atoms with Gasteiger partial charge < -0.3 is 5.32 Å². The molecular weight excluding hydrogens is 228 g/mol. The second kappa shape index (κ2) is 4.24. The van der Waals surface area contributed by atoms with E-state index in [1.54, 1.807) is 11.3 Å². The number of nitrogens with zero attached hydrogens (tertiary/aromatic N) is 1. The summed E-state index contributed by atoms with van der Waals surface area (Å²) in [4.78, 5) is 4.81. The van der Waals surface area contributed by atoms with Gasteiger partial charge in [0, 0.05) is 22.9 Å². The zero-order valence-corrected chi connectivity index (χ0v) is 10.8. The van der Waals surface area contributed by atoms with Gasteiger partial charge in [-0.05, 0) is 19.9 Å². The van der Waals surface area contributed by atoms with Crippen molar-refractivity contribution in [2.45, 2.75) is 18.3 Å². The van der Waals surface area contributed by atoms with Crippen LogP contribution in [0.25, 0.3) is 10.6 Å². The maximum absolute atomic E-state index is 4.81. The standard InChI is InChI=1S/C14H16N2S/c1-15-10-14(7-8-14)12-9-17-13(16-12)11-5-3-2-4-6-11/h2-6,9,15H,7-8,10H2,1H3. The number of aromatic nitrogens is 1. The molecule has 17 heavy (non-hydrogen) atoms. The van der Waals surface area contributed by atoms with E-state index in [9.17, 15) is 0 Å². The highest BCUT2D eigenvalue weighted by molar-refractivity contribution is 7.13. The van der Waals surface area contributed by atoms with Gasteiger partial charge in [-0.25, -0.2) is 4.98 Å². The van der Waals surface area contributed by atoms with Crippen LogP contribution in [0.3, 0.4) is 0 Å². The lowest BCUT2D eigenvalue weighted by molar-refractivity contribution is 0.611. The number of likely N-dealkylation sites (N-methyl/N-ethyl adjacent to an activating group) is 1. The predicted molar refractivity (Wildman–Crippen MR) is 72.4 cm³/mol. The molecule has 88 valence electrons. The van der Waals surface area contributed by atoms with Gasteiger partial charge in [0.15, 0.2) is 0 Å². The Morgan fingerprint density at radius 1 is 1.29 bits per heavy atom. The lowest BCUT2D eigenvalue weighted by Crippen LogP contribution is -2.23. The Morgan fingerprint density at radius 3 is 2.71 bits per heavy atom. The molecule has 1 N–H and O–H groups in total. The minimum Gasteiger partial charge on any atom is -0.319 e. The largest absolute Gasteiger partial charge is 0.319 e. The summed E-state index contributed by atoms with van der Waals surface area (Å²) in [5.74, 6) is 0. The summed E-state index contributed by atoms with van der Waals surface area (Å²) < 4.78 is 0. The van der Waals surface area contributed by atoms with Crippen molar-refractivity contribution in [3.05, 3.63) is 41.4 Å². The first-order valence-corrected chi connectivity index (χ1v) is 6.88. The van der Waals surface area contributed by atoms with Crippen LogP contribution in [-0.2, 0) is 5.41 Å². The normalized spacial score (nSPS) is 17.0. The molecule has 1 heterocycles. The Hall–Kier alpha value is -1.19. The molecule has 0 spiro atoms. The van der Waals surface area contributed by atoms with Crippen LogP contribution in [0.5, 0.6) is 0 Å². The van der Waals surface area contributed by atoms with Gasteiger partial charge in [0.25, 0.3) is 0 Å². The van der Waals surface area contributed by atoms with Crippen LogP contribution in [0.15, 0.2) is 35.7 Å². The van der Waals surface area contributed by atoms with Crippen molar-refractivity contribution in [3.63, 3.8) is 0 Å². The molecule has 0 saturated heterocycles. The molecule has 3 rings (SSSR count). The van der Waals surface area contributed by atoms with E-state index < -0.39 is 0 Å². The van der Waals surface area contributed by atoms with Crippen molar-refractivity contribution >= 4 is 11.3 Å². The maximum atomic E-state index is 4.81. The van der Waals surface area contributed by atoms with E-state index in [1.165, 1.54) is 24.1 Å². The van der Waals surface area contributed by atoms with Crippen LogP contribution in [-0.4, -0.2) is 18.6 Å². The first kappa shape index (κ1) is 10.9. The molecule has 1 aromatic heterocycles. The van der Waals surface area contributed by atoms with Crippen LogP contribution in [0, 0.1) is 0 Å². The van der Waals surface area contributed by atoms with Crippen LogP contribution in [0.2, 0.25) is 0 Å². The highest BCUT2D eigenvalue weighted by Gasteiger charge is 2.45. The molecule has 3 heteroatoms. The summed E-state index contributed by atoms with van der Waals surface area (Å²) in [7, 11) is 2.02. The molecule has 0 atom stereocenters. The number of benzene rings is 1. The second-order valence-corrected chi connectivity index (χ2v) is 5.57. The van der Waals surface area contributed by atoms with Gasteiger partial charge in [0.05, 0.1) is 5.69 Å². The highest BCUT2D eigenvalue weighted by Crippen LogP contribution is 2.48. The molecule has 2 aromatic rings. The highest BCUT2D eigenvalue weighted by atomic mass is 32.1. The van der Waals surface area contributed by atoms with Crippen LogP contribution in [0.4, 0.5) is 0 Å². The zero-order valence-electron chi connectivity index (χ0n) is 9.94. The Bertz CT molecular complexity index is 500. The monoisotopic (exact) mass is 244 g/mol. The van der Waals surface area contributed by atoms with Crippen LogP contribution < -0.4 is 5.32 Å². The molecule has 1 aliphatic carbocycles. The summed E-state index contributed by atoms with van der Waals surface area (Å²) >= 11 is 1.76. The average Bonchev–Trinajstić information content (AvgIpc) is 2.98. The third kappa shape index (κ3) is 2.01. The molecule has 2 nitrogen and oxygen atoms in total. The molecule has 0 radical (unpaired) electrons. The van der Waals surface area contributed by atoms with Gasteiger partial charge in [-0.15, -0.1) is 11.3 Å². The fourth-order valence-electron chi connectivity index (χ4n) is 2.24. The topological polar surface area (TPSA) is 24.9 Å².